The van der Waals surface area contributed by atoms with Crippen LogP contribution in [0.25, 0.3) is 22.5 Å². The summed E-state index contributed by atoms with van der Waals surface area (Å²) in [4.78, 5) is 21.1. The maximum absolute atomic E-state index is 12.0. The van der Waals surface area contributed by atoms with Crippen molar-refractivity contribution in [3.8, 4) is 28.3 Å². The minimum Gasteiger partial charge on any atom is -0.427 e. The van der Waals surface area contributed by atoms with Crippen molar-refractivity contribution < 1.29 is 9.53 Å². The summed E-state index contributed by atoms with van der Waals surface area (Å²) in [5.41, 5.74) is 4.29. The highest BCUT2D eigenvalue weighted by Gasteiger charge is 2.07. The largest absolute Gasteiger partial charge is 0.427 e. The summed E-state index contributed by atoms with van der Waals surface area (Å²) in [6.07, 6.45) is 15.9. The molecule has 0 N–H and O–H groups in total. The highest BCUT2D eigenvalue weighted by molar-refractivity contribution is 5.73. The average molecular weight is 443 g/mol. The van der Waals surface area contributed by atoms with Crippen molar-refractivity contribution in [1.29, 1.82) is 0 Å². The van der Waals surface area contributed by atoms with Gasteiger partial charge in [-0.1, -0.05) is 75.2 Å². The first-order chi connectivity index (χ1) is 16.2. The number of ether oxygens (including phenoxy) is 1. The molecular formula is C29H34N2O2. The summed E-state index contributed by atoms with van der Waals surface area (Å²) in [5, 5.41) is 0. The molecule has 2 aromatic carbocycles. The lowest BCUT2D eigenvalue weighted by Gasteiger charge is -2.07. The Morgan fingerprint density at radius 2 is 1.52 bits per heavy atom. The number of carbonyl (C=O) groups is 1. The second-order valence-electron chi connectivity index (χ2n) is 8.22. The summed E-state index contributed by atoms with van der Waals surface area (Å²) >= 11 is 0. The second kappa shape index (κ2) is 13.3. The normalized spacial score (nSPS) is 11.1. The van der Waals surface area contributed by atoms with Gasteiger partial charge >= 0.3 is 5.97 Å². The zero-order valence-electron chi connectivity index (χ0n) is 19.8. The van der Waals surface area contributed by atoms with Crippen molar-refractivity contribution in [2.75, 3.05) is 0 Å². The third-order valence-electron chi connectivity index (χ3n) is 5.51. The van der Waals surface area contributed by atoms with Crippen LogP contribution in [0.5, 0.6) is 5.75 Å². The summed E-state index contributed by atoms with van der Waals surface area (Å²) in [7, 11) is 0. The van der Waals surface area contributed by atoms with E-state index in [4.69, 9.17) is 4.74 Å². The summed E-state index contributed by atoms with van der Waals surface area (Å²) in [5.74, 6) is 1.08. The summed E-state index contributed by atoms with van der Waals surface area (Å²) in [6.45, 7) is 4.32. The molecule has 3 aromatic rings. The van der Waals surface area contributed by atoms with Gasteiger partial charge in [0.25, 0.3) is 0 Å². The van der Waals surface area contributed by atoms with Crippen LogP contribution in [0.4, 0.5) is 0 Å². The molecule has 0 amide bonds. The minimum atomic E-state index is -0.197. The van der Waals surface area contributed by atoms with E-state index in [9.17, 15) is 4.79 Å². The molecule has 0 radical (unpaired) electrons. The van der Waals surface area contributed by atoms with E-state index in [-0.39, 0.29) is 5.97 Å². The monoisotopic (exact) mass is 442 g/mol. The zero-order valence-corrected chi connectivity index (χ0v) is 19.8. The molecule has 0 saturated heterocycles. The zero-order chi connectivity index (χ0) is 23.3. The van der Waals surface area contributed by atoms with Crippen molar-refractivity contribution in [2.45, 2.75) is 65.2 Å². The number of aryl methyl sites for hydroxylation is 1. The smallest absolute Gasteiger partial charge is 0.311 e. The Bertz CT molecular complexity index is 1010. The molecule has 0 saturated carbocycles. The van der Waals surface area contributed by atoms with Crippen LogP contribution in [0.15, 0.2) is 73.1 Å². The Hall–Kier alpha value is -3.27. The molecule has 0 aliphatic heterocycles. The number of unbranched alkanes of at least 4 members (excludes halogenated alkanes) is 3. The molecule has 0 aliphatic rings. The fourth-order valence-electron chi connectivity index (χ4n) is 3.57. The molecule has 33 heavy (non-hydrogen) atoms. The maximum atomic E-state index is 12.0. The first-order valence-electron chi connectivity index (χ1n) is 12.1. The fourth-order valence-corrected chi connectivity index (χ4v) is 3.57. The minimum absolute atomic E-state index is 0.197. The Morgan fingerprint density at radius 1 is 0.818 bits per heavy atom. The van der Waals surface area contributed by atoms with E-state index in [2.05, 4.69) is 60.2 Å². The van der Waals surface area contributed by atoms with Crippen molar-refractivity contribution in [1.82, 2.24) is 9.97 Å². The van der Waals surface area contributed by atoms with Gasteiger partial charge in [-0.05, 0) is 55.4 Å². The molecule has 0 spiro atoms. The molecule has 172 valence electrons. The van der Waals surface area contributed by atoms with Gasteiger partial charge in [0.05, 0.1) is 0 Å². The second-order valence-corrected chi connectivity index (χ2v) is 8.22. The van der Waals surface area contributed by atoms with Crippen LogP contribution >= 0.6 is 0 Å². The molecule has 3 rings (SSSR count). The van der Waals surface area contributed by atoms with Crippen LogP contribution < -0.4 is 4.74 Å². The Morgan fingerprint density at radius 3 is 2.18 bits per heavy atom. The highest BCUT2D eigenvalue weighted by atomic mass is 16.5. The predicted octanol–water partition coefficient (Wildman–Crippen LogP) is 7.59. The van der Waals surface area contributed by atoms with Crippen molar-refractivity contribution in [3.63, 3.8) is 0 Å². The predicted molar refractivity (Wildman–Crippen MR) is 135 cm³/mol. The summed E-state index contributed by atoms with van der Waals surface area (Å²) in [6, 6.07) is 16.0. The number of hydrogen-bond donors (Lipinski definition) is 0. The van der Waals surface area contributed by atoms with Gasteiger partial charge < -0.3 is 4.74 Å². The van der Waals surface area contributed by atoms with Gasteiger partial charge in [0.1, 0.15) is 5.75 Å². The number of nitrogens with zero attached hydrogens (tertiary/aromatic N) is 2. The molecule has 0 aliphatic carbocycles. The number of benzene rings is 2. The van der Waals surface area contributed by atoms with Crippen LogP contribution in [0.2, 0.25) is 0 Å². The van der Waals surface area contributed by atoms with E-state index in [1.54, 1.807) is 0 Å². The van der Waals surface area contributed by atoms with E-state index in [1.807, 2.05) is 36.7 Å². The topological polar surface area (TPSA) is 52.1 Å². The SMILES string of the molecule is CC/C=C\CCCC(=O)Oc1ccc(-c2cnc(-c3ccc(CCCCC)cc3)nc2)cc1. The van der Waals surface area contributed by atoms with Gasteiger partial charge in [-0.3, -0.25) is 4.79 Å². The van der Waals surface area contributed by atoms with Crippen LogP contribution in [-0.4, -0.2) is 15.9 Å². The van der Waals surface area contributed by atoms with Gasteiger partial charge in [0.2, 0.25) is 0 Å². The van der Waals surface area contributed by atoms with Gasteiger partial charge in [-0.2, -0.15) is 0 Å². The lowest BCUT2D eigenvalue weighted by molar-refractivity contribution is -0.134. The molecule has 0 fully saturated rings. The quantitative estimate of drug-likeness (QED) is 0.125. The highest BCUT2D eigenvalue weighted by Crippen LogP contribution is 2.24. The van der Waals surface area contributed by atoms with Gasteiger partial charge in [-0.25, -0.2) is 9.97 Å². The van der Waals surface area contributed by atoms with Gasteiger partial charge in [0, 0.05) is 29.9 Å². The fraction of sp³-hybridized carbons (Fsp3) is 0.345. The summed E-state index contributed by atoms with van der Waals surface area (Å²) < 4.78 is 5.43. The number of aromatic nitrogens is 2. The maximum Gasteiger partial charge on any atom is 0.311 e. The molecule has 0 bridgehead atoms. The molecule has 0 atom stereocenters. The Balaban J connectivity index is 1.54. The van der Waals surface area contributed by atoms with Gasteiger partial charge in [-0.15, -0.1) is 0 Å². The number of carbonyl (C=O) groups excluding carboxylic acids is 1. The van der Waals surface area contributed by atoms with E-state index < -0.39 is 0 Å². The van der Waals surface area contributed by atoms with E-state index >= 15 is 0 Å². The van der Waals surface area contributed by atoms with Crippen LogP contribution in [0.1, 0.15) is 64.4 Å². The molecule has 0 unspecified atom stereocenters. The van der Waals surface area contributed by atoms with E-state index in [0.29, 0.717) is 12.2 Å². The average Bonchev–Trinajstić information content (AvgIpc) is 2.85. The number of allylic oxidation sites excluding steroid dienone is 2. The lowest BCUT2D eigenvalue weighted by atomic mass is 10.0. The molecule has 4 nitrogen and oxygen atoms in total. The van der Waals surface area contributed by atoms with Crippen LogP contribution in [-0.2, 0) is 11.2 Å². The molecule has 1 aromatic heterocycles. The lowest BCUT2D eigenvalue weighted by Crippen LogP contribution is -2.07. The van der Waals surface area contributed by atoms with Crippen molar-refractivity contribution in [3.05, 3.63) is 78.6 Å². The number of hydrogen-bond acceptors (Lipinski definition) is 4. The Kier molecular flexibility index (Phi) is 9.84. The van der Waals surface area contributed by atoms with E-state index in [0.717, 1.165) is 48.2 Å². The first-order valence-corrected chi connectivity index (χ1v) is 12.1. The standard InChI is InChI=1S/C29H34N2O2/c1-3-5-7-8-10-12-28(32)33-27-19-17-24(18-20-27)26-21-30-29(31-22-26)25-15-13-23(14-16-25)11-9-6-4-2/h5,7,13-22H,3-4,6,8-12H2,1-2H3/b7-5-. The third kappa shape index (κ3) is 7.98. The van der Waals surface area contributed by atoms with Gasteiger partial charge in [0.15, 0.2) is 5.82 Å². The van der Waals surface area contributed by atoms with Crippen LogP contribution in [0.3, 0.4) is 0 Å². The van der Waals surface area contributed by atoms with E-state index in [1.165, 1.54) is 24.8 Å². The number of esters is 1. The first kappa shape index (κ1) is 24.4. The number of rotatable bonds is 12. The molecule has 4 heteroatoms. The molecule has 1 heterocycles. The van der Waals surface area contributed by atoms with Crippen LogP contribution in [0, 0.1) is 0 Å². The Labute approximate surface area is 197 Å². The van der Waals surface area contributed by atoms with Crippen molar-refractivity contribution in [2.24, 2.45) is 0 Å². The molecular weight excluding hydrogens is 408 g/mol. The third-order valence-corrected chi connectivity index (χ3v) is 5.51. The van der Waals surface area contributed by atoms with Crippen molar-refractivity contribution >= 4 is 5.97 Å².